The lowest BCUT2D eigenvalue weighted by atomic mass is 10.0. The lowest BCUT2D eigenvalue weighted by Crippen LogP contribution is -2.16. The van der Waals surface area contributed by atoms with Gasteiger partial charge < -0.3 is 15.6 Å². The average molecular weight is 287 g/mol. The summed E-state index contributed by atoms with van der Waals surface area (Å²) in [5.74, 6) is -0.556. The molecule has 0 aliphatic heterocycles. The number of hydrogen-bond acceptors (Lipinski definition) is 5. The number of aliphatic carboxylic acids is 1. The molecule has 0 fully saturated rings. The lowest BCUT2D eigenvalue weighted by Gasteiger charge is -2.15. The molecule has 0 bridgehead atoms. The number of nitrogens with two attached hydrogens (primary N) is 1. The highest BCUT2D eigenvalue weighted by Gasteiger charge is 2.19. The van der Waals surface area contributed by atoms with Crippen molar-refractivity contribution in [3.05, 3.63) is 23.8 Å². The Morgan fingerprint density at radius 2 is 2.11 bits per heavy atom. The summed E-state index contributed by atoms with van der Waals surface area (Å²) in [5.41, 5.74) is 6.27. The summed E-state index contributed by atoms with van der Waals surface area (Å²) in [6, 6.07) is 3.91. The quantitative estimate of drug-likeness (QED) is 0.807. The van der Waals surface area contributed by atoms with Crippen molar-refractivity contribution >= 4 is 15.8 Å². The van der Waals surface area contributed by atoms with E-state index in [0.29, 0.717) is 11.3 Å². The van der Waals surface area contributed by atoms with Crippen molar-refractivity contribution in [2.75, 3.05) is 13.4 Å². The predicted octanol–water partition coefficient (Wildman–Crippen LogP) is 0.963. The fraction of sp³-hybridized carbons (Fsp3) is 0.417. The maximum Gasteiger partial charge on any atom is 0.303 e. The van der Waals surface area contributed by atoms with Crippen LogP contribution in [0.15, 0.2) is 23.1 Å². The van der Waals surface area contributed by atoms with E-state index in [9.17, 15) is 13.2 Å². The third-order valence-corrected chi connectivity index (χ3v) is 3.84. The molecule has 0 spiro atoms. The zero-order valence-electron chi connectivity index (χ0n) is 10.8. The minimum absolute atomic E-state index is 0.0738. The van der Waals surface area contributed by atoms with Gasteiger partial charge in [-0.3, -0.25) is 4.79 Å². The van der Waals surface area contributed by atoms with E-state index in [1.54, 1.807) is 12.1 Å². The molecule has 7 heteroatoms. The molecular weight excluding hydrogens is 270 g/mol. The van der Waals surface area contributed by atoms with Crippen molar-refractivity contribution in [1.29, 1.82) is 0 Å². The molecule has 1 unspecified atom stereocenters. The van der Waals surface area contributed by atoms with Gasteiger partial charge in [-0.25, -0.2) is 8.42 Å². The molecule has 1 atom stereocenters. The highest BCUT2D eigenvalue weighted by molar-refractivity contribution is 7.90. The molecule has 0 aliphatic rings. The Morgan fingerprint density at radius 1 is 1.47 bits per heavy atom. The van der Waals surface area contributed by atoms with Gasteiger partial charge >= 0.3 is 5.97 Å². The summed E-state index contributed by atoms with van der Waals surface area (Å²) in [6.07, 6.45) is 1.13. The lowest BCUT2D eigenvalue weighted by molar-refractivity contribution is -0.137. The van der Waals surface area contributed by atoms with Crippen LogP contribution in [0.4, 0.5) is 0 Å². The molecule has 3 N–H and O–H groups in total. The maximum atomic E-state index is 11.7. The van der Waals surface area contributed by atoms with Crippen LogP contribution in [-0.4, -0.2) is 32.9 Å². The molecule has 0 heterocycles. The summed E-state index contributed by atoms with van der Waals surface area (Å²) in [4.78, 5) is 10.6. The fourth-order valence-electron chi connectivity index (χ4n) is 1.70. The Bertz CT molecular complexity index is 567. The smallest absolute Gasteiger partial charge is 0.303 e. The van der Waals surface area contributed by atoms with Crippen LogP contribution < -0.4 is 10.5 Å². The van der Waals surface area contributed by atoms with Crippen LogP contribution in [-0.2, 0) is 14.6 Å². The maximum absolute atomic E-state index is 11.7. The van der Waals surface area contributed by atoms with Gasteiger partial charge in [0.15, 0.2) is 9.84 Å². The number of carboxylic acids is 1. The summed E-state index contributed by atoms with van der Waals surface area (Å²) < 4.78 is 28.5. The van der Waals surface area contributed by atoms with Gasteiger partial charge in [-0.15, -0.1) is 0 Å². The Kier molecular flexibility index (Phi) is 4.90. The minimum Gasteiger partial charge on any atom is -0.497 e. The summed E-state index contributed by atoms with van der Waals surface area (Å²) in [6.45, 7) is 0. The van der Waals surface area contributed by atoms with Gasteiger partial charge in [0.1, 0.15) is 5.75 Å². The third-order valence-electron chi connectivity index (χ3n) is 2.69. The number of rotatable bonds is 6. The van der Waals surface area contributed by atoms with Crippen molar-refractivity contribution in [1.82, 2.24) is 0 Å². The molecule has 6 nitrogen and oxygen atoms in total. The number of carboxylic acid groups (broad SMARTS) is 1. The molecule has 0 aliphatic carbocycles. The highest BCUT2D eigenvalue weighted by atomic mass is 32.2. The Labute approximate surface area is 112 Å². The molecule has 1 aromatic rings. The minimum atomic E-state index is -3.46. The van der Waals surface area contributed by atoms with Crippen LogP contribution in [0, 0.1) is 0 Å². The second-order valence-electron chi connectivity index (χ2n) is 4.21. The number of hydrogen-bond donors (Lipinski definition) is 2. The normalized spacial score (nSPS) is 13.0. The molecule has 1 aromatic carbocycles. The first-order valence-electron chi connectivity index (χ1n) is 5.61. The van der Waals surface area contributed by atoms with Gasteiger partial charge in [0.05, 0.1) is 12.0 Å². The van der Waals surface area contributed by atoms with Crippen molar-refractivity contribution in [2.24, 2.45) is 5.73 Å². The molecule has 0 saturated carbocycles. The van der Waals surface area contributed by atoms with E-state index in [-0.39, 0.29) is 17.7 Å². The zero-order valence-corrected chi connectivity index (χ0v) is 11.6. The standard InChI is InChI=1S/C12H17NO5S/c1-18-8-3-4-9(10(13)5-6-12(14)15)11(7-8)19(2,16)17/h3-4,7,10H,5-6,13H2,1-2H3,(H,14,15). The van der Waals surface area contributed by atoms with E-state index in [2.05, 4.69) is 0 Å². The second-order valence-corrected chi connectivity index (χ2v) is 6.20. The Hall–Kier alpha value is -1.60. The molecule has 0 saturated heterocycles. The molecule has 0 aromatic heterocycles. The predicted molar refractivity (Wildman–Crippen MR) is 69.9 cm³/mol. The largest absolute Gasteiger partial charge is 0.497 e. The number of benzene rings is 1. The molecule has 19 heavy (non-hydrogen) atoms. The van der Waals surface area contributed by atoms with Gasteiger partial charge in [0, 0.05) is 18.7 Å². The zero-order chi connectivity index (χ0) is 14.6. The van der Waals surface area contributed by atoms with Crippen molar-refractivity contribution < 1.29 is 23.1 Å². The second kappa shape index (κ2) is 6.03. The number of methoxy groups -OCH3 is 1. The van der Waals surface area contributed by atoms with Crippen LogP contribution in [0.2, 0.25) is 0 Å². The summed E-state index contributed by atoms with van der Waals surface area (Å²) in [5, 5.41) is 8.63. The van der Waals surface area contributed by atoms with Crippen LogP contribution in [0.1, 0.15) is 24.4 Å². The SMILES string of the molecule is COc1ccc(C(N)CCC(=O)O)c(S(C)(=O)=O)c1. The van der Waals surface area contributed by atoms with Crippen molar-refractivity contribution in [3.63, 3.8) is 0 Å². The molecular formula is C12H17NO5S. The molecule has 0 radical (unpaired) electrons. The first kappa shape index (κ1) is 15.5. The van der Waals surface area contributed by atoms with Crippen LogP contribution in [0.5, 0.6) is 5.75 Å². The van der Waals surface area contributed by atoms with E-state index in [1.165, 1.54) is 13.2 Å². The van der Waals surface area contributed by atoms with Crippen LogP contribution in [0.25, 0.3) is 0 Å². The van der Waals surface area contributed by atoms with Gasteiger partial charge in [-0.1, -0.05) is 6.07 Å². The van der Waals surface area contributed by atoms with E-state index in [1.807, 2.05) is 0 Å². The first-order chi connectivity index (χ1) is 8.75. The van der Waals surface area contributed by atoms with Gasteiger partial charge in [0.2, 0.25) is 0 Å². The van der Waals surface area contributed by atoms with Gasteiger partial charge in [-0.05, 0) is 24.1 Å². The van der Waals surface area contributed by atoms with Gasteiger partial charge in [0.25, 0.3) is 0 Å². The monoisotopic (exact) mass is 287 g/mol. The Morgan fingerprint density at radius 3 is 2.58 bits per heavy atom. The highest BCUT2D eigenvalue weighted by Crippen LogP contribution is 2.28. The fourth-order valence-corrected chi connectivity index (χ4v) is 2.68. The van der Waals surface area contributed by atoms with E-state index < -0.39 is 21.8 Å². The van der Waals surface area contributed by atoms with Gasteiger partial charge in [-0.2, -0.15) is 0 Å². The number of sulfone groups is 1. The van der Waals surface area contributed by atoms with Crippen LogP contribution in [0.3, 0.4) is 0 Å². The van der Waals surface area contributed by atoms with E-state index in [0.717, 1.165) is 6.26 Å². The summed E-state index contributed by atoms with van der Waals surface area (Å²) in [7, 11) is -2.02. The molecule has 106 valence electrons. The van der Waals surface area contributed by atoms with E-state index >= 15 is 0 Å². The third kappa shape index (κ3) is 4.22. The number of ether oxygens (including phenoxy) is 1. The number of carbonyl (C=O) groups is 1. The first-order valence-corrected chi connectivity index (χ1v) is 7.50. The van der Waals surface area contributed by atoms with Crippen LogP contribution >= 0.6 is 0 Å². The molecule has 0 amide bonds. The van der Waals surface area contributed by atoms with E-state index in [4.69, 9.17) is 15.6 Å². The molecule has 1 rings (SSSR count). The topological polar surface area (TPSA) is 107 Å². The van der Waals surface area contributed by atoms with Crippen molar-refractivity contribution in [2.45, 2.75) is 23.8 Å². The Balaban J connectivity index is 3.16. The average Bonchev–Trinajstić information content (AvgIpc) is 2.34. The van der Waals surface area contributed by atoms with Crippen molar-refractivity contribution in [3.8, 4) is 5.75 Å². The summed E-state index contributed by atoms with van der Waals surface area (Å²) >= 11 is 0.